The maximum absolute atomic E-state index is 12.5. The van der Waals surface area contributed by atoms with Gasteiger partial charge in [-0.05, 0) is 44.2 Å². The van der Waals surface area contributed by atoms with Gasteiger partial charge in [-0.3, -0.25) is 9.78 Å². The quantitative estimate of drug-likeness (QED) is 0.803. The number of likely N-dealkylation sites (tertiary alicyclic amines) is 1. The number of amides is 1. The molecule has 0 N–H and O–H groups in total. The minimum absolute atomic E-state index is 0.136. The Balaban J connectivity index is 2.15. The van der Waals surface area contributed by atoms with Gasteiger partial charge in [0.2, 0.25) is 0 Å². The summed E-state index contributed by atoms with van der Waals surface area (Å²) in [6, 6.07) is 2.31. The molecule has 0 aromatic carbocycles. The standard InChI is InChI=1S/C14H19BrN2O/c1-11-8-12(10-16-9-11)14(18)17-7-3-2-4-13(17)5-6-15/h8-10,13H,2-7H2,1H3. The number of aryl methyl sites for hydroxylation is 1. The van der Waals surface area contributed by atoms with Crippen LogP contribution < -0.4 is 0 Å². The van der Waals surface area contributed by atoms with Gasteiger partial charge >= 0.3 is 0 Å². The molecule has 2 rings (SSSR count). The van der Waals surface area contributed by atoms with Crippen molar-refractivity contribution in [2.75, 3.05) is 11.9 Å². The van der Waals surface area contributed by atoms with Crippen molar-refractivity contribution in [1.82, 2.24) is 9.88 Å². The van der Waals surface area contributed by atoms with Crippen molar-refractivity contribution in [3.05, 3.63) is 29.6 Å². The van der Waals surface area contributed by atoms with Gasteiger partial charge in [0.15, 0.2) is 0 Å². The van der Waals surface area contributed by atoms with E-state index in [9.17, 15) is 4.79 Å². The molecule has 0 radical (unpaired) electrons. The number of hydrogen-bond acceptors (Lipinski definition) is 2. The number of rotatable bonds is 3. The summed E-state index contributed by atoms with van der Waals surface area (Å²) in [6.07, 6.45) is 7.96. The highest BCUT2D eigenvalue weighted by molar-refractivity contribution is 9.09. The largest absolute Gasteiger partial charge is 0.336 e. The highest BCUT2D eigenvalue weighted by Crippen LogP contribution is 2.22. The van der Waals surface area contributed by atoms with E-state index in [2.05, 4.69) is 20.9 Å². The van der Waals surface area contributed by atoms with Crippen LogP contribution in [0.2, 0.25) is 0 Å². The number of carbonyl (C=O) groups excluding carboxylic acids is 1. The van der Waals surface area contributed by atoms with Gasteiger partial charge in [0.05, 0.1) is 5.56 Å². The Morgan fingerprint density at radius 2 is 2.33 bits per heavy atom. The molecule has 98 valence electrons. The molecule has 1 fully saturated rings. The maximum Gasteiger partial charge on any atom is 0.255 e. The fraction of sp³-hybridized carbons (Fsp3) is 0.571. The average Bonchev–Trinajstić information content (AvgIpc) is 2.39. The van der Waals surface area contributed by atoms with E-state index >= 15 is 0 Å². The van der Waals surface area contributed by atoms with Crippen LogP contribution in [0.4, 0.5) is 0 Å². The van der Waals surface area contributed by atoms with E-state index < -0.39 is 0 Å². The molecule has 0 saturated carbocycles. The predicted octanol–water partition coefficient (Wildman–Crippen LogP) is 3.17. The summed E-state index contributed by atoms with van der Waals surface area (Å²) in [6.45, 7) is 2.85. The molecule has 1 unspecified atom stereocenters. The average molecular weight is 311 g/mol. The second-order valence-corrected chi connectivity index (χ2v) is 5.67. The van der Waals surface area contributed by atoms with Crippen molar-refractivity contribution < 1.29 is 4.79 Å². The number of alkyl halides is 1. The Hall–Kier alpha value is -0.900. The van der Waals surface area contributed by atoms with E-state index in [0.717, 1.165) is 42.3 Å². The van der Waals surface area contributed by atoms with Crippen LogP contribution >= 0.6 is 15.9 Å². The number of aromatic nitrogens is 1. The summed E-state index contributed by atoms with van der Waals surface area (Å²) in [4.78, 5) is 18.7. The van der Waals surface area contributed by atoms with E-state index in [1.165, 1.54) is 6.42 Å². The molecular formula is C14H19BrN2O. The molecule has 1 aromatic rings. The number of hydrogen-bond donors (Lipinski definition) is 0. The molecule has 1 aromatic heterocycles. The third kappa shape index (κ3) is 3.10. The van der Waals surface area contributed by atoms with Crippen molar-refractivity contribution in [3.8, 4) is 0 Å². The zero-order valence-electron chi connectivity index (χ0n) is 10.7. The number of piperidine rings is 1. The van der Waals surface area contributed by atoms with Gasteiger partial charge in [-0.2, -0.15) is 0 Å². The lowest BCUT2D eigenvalue weighted by Gasteiger charge is -2.35. The predicted molar refractivity (Wildman–Crippen MR) is 76.1 cm³/mol. The molecule has 4 heteroatoms. The smallest absolute Gasteiger partial charge is 0.255 e. The lowest BCUT2D eigenvalue weighted by Crippen LogP contribution is -2.44. The summed E-state index contributed by atoms with van der Waals surface area (Å²) in [5, 5.41) is 0.952. The van der Waals surface area contributed by atoms with Crippen LogP contribution in [0.15, 0.2) is 18.5 Å². The highest BCUT2D eigenvalue weighted by Gasteiger charge is 2.26. The number of halogens is 1. The van der Waals surface area contributed by atoms with Gasteiger partial charge < -0.3 is 4.90 Å². The van der Waals surface area contributed by atoms with Crippen LogP contribution in [0.5, 0.6) is 0 Å². The van der Waals surface area contributed by atoms with E-state index in [1.807, 2.05) is 17.9 Å². The second kappa shape index (κ2) is 6.32. The number of carbonyl (C=O) groups is 1. The molecule has 0 spiro atoms. The normalized spacial score (nSPS) is 19.9. The first-order valence-corrected chi connectivity index (χ1v) is 7.63. The van der Waals surface area contributed by atoms with Crippen molar-refractivity contribution in [2.24, 2.45) is 0 Å². The van der Waals surface area contributed by atoms with E-state index in [4.69, 9.17) is 0 Å². The molecule has 0 bridgehead atoms. The van der Waals surface area contributed by atoms with Gasteiger partial charge in [-0.25, -0.2) is 0 Å². The van der Waals surface area contributed by atoms with Crippen LogP contribution in [0.3, 0.4) is 0 Å². The van der Waals surface area contributed by atoms with Gasteiger partial charge in [0, 0.05) is 30.3 Å². The molecule has 1 atom stereocenters. The van der Waals surface area contributed by atoms with Crippen LogP contribution in [-0.4, -0.2) is 33.7 Å². The third-order valence-electron chi connectivity index (χ3n) is 3.45. The number of pyridine rings is 1. The molecule has 1 aliphatic heterocycles. The van der Waals surface area contributed by atoms with E-state index in [1.54, 1.807) is 12.4 Å². The minimum Gasteiger partial charge on any atom is -0.336 e. The Kier molecular flexibility index (Phi) is 4.75. The van der Waals surface area contributed by atoms with Gasteiger partial charge in [0.25, 0.3) is 5.91 Å². The molecule has 3 nitrogen and oxygen atoms in total. The summed E-state index contributed by atoms with van der Waals surface area (Å²) in [5.74, 6) is 0.136. The van der Waals surface area contributed by atoms with Crippen LogP contribution in [0.25, 0.3) is 0 Å². The van der Waals surface area contributed by atoms with E-state index in [0.29, 0.717) is 6.04 Å². The fourth-order valence-electron chi connectivity index (χ4n) is 2.53. The maximum atomic E-state index is 12.5. The Labute approximate surface area is 117 Å². The molecule has 1 amide bonds. The van der Waals surface area contributed by atoms with E-state index in [-0.39, 0.29) is 5.91 Å². The molecule has 2 heterocycles. The van der Waals surface area contributed by atoms with Crippen molar-refractivity contribution in [1.29, 1.82) is 0 Å². The first-order chi connectivity index (χ1) is 8.72. The first-order valence-electron chi connectivity index (χ1n) is 6.51. The zero-order chi connectivity index (χ0) is 13.0. The summed E-state index contributed by atoms with van der Waals surface area (Å²) < 4.78 is 0. The van der Waals surface area contributed by atoms with Crippen molar-refractivity contribution in [2.45, 2.75) is 38.6 Å². The lowest BCUT2D eigenvalue weighted by molar-refractivity contribution is 0.0609. The monoisotopic (exact) mass is 310 g/mol. The Bertz CT molecular complexity index is 420. The minimum atomic E-state index is 0.136. The van der Waals surface area contributed by atoms with Crippen molar-refractivity contribution >= 4 is 21.8 Å². The van der Waals surface area contributed by atoms with Gasteiger partial charge in [-0.15, -0.1) is 0 Å². The molecule has 1 aliphatic rings. The lowest BCUT2D eigenvalue weighted by atomic mass is 9.99. The SMILES string of the molecule is Cc1cncc(C(=O)N2CCCCC2CCBr)c1. The topological polar surface area (TPSA) is 33.2 Å². The summed E-state index contributed by atoms with van der Waals surface area (Å²) >= 11 is 3.48. The number of nitrogens with zero attached hydrogens (tertiary/aromatic N) is 2. The van der Waals surface area contributed by atoms with Gasteiger partial charge in [0.1, 0.15) is 0 Å². The Morgan fingerprint density at radius 3 is 3.06 bits per heavy atom. The zero-order valence-corrected chi connectivity index (χ0v) is 12.3. The molecular weight excluding hydrogens is 292 g/mol. The fourth-order valence-corrected chi connectivity index (χ4v) is 3.06. The van der Waals surface area contributed by atoms with Crippen LogP contribution in [0.1, 0.15) is 41.6 Å². The first kappa shape index (κ1) is 13.5. The van der Waals surface area contributed by atoms with Crippen LogP contribution in [0, 0.1) is 6.92 Å². The third-order valence-corrected chi connectivity index (χ3v) is 3.91. The van der Waals surface area contributed by atoms with Crippen molar-refractivity contribution in [3.63, 3.8) is 0 Å². The second-order valence-electron chi connectivity index (χ2n) is 4.88. The molecule has 18 heavy (non-hydrogen) atoms. The highest BCUT2D eigenvalue weighted by atomic mass is 79.9. The Morgan fingerprint density at radius 1 is 1.50 bits per heavy atom. The molecule has 0 aliphatic carbocycles. The van der Waals surface area contributed by atoms with Crippen LogP contribution in [-0.2, 0) is 0 Å². The summed E-state index contributed by atoms with van der Waals surface area (Å²) in [5.41, 5.74) is 1.76. The van der Waals surface area contributed by atoms with Gasteiger partial charge in [-0.1, -0.05) is 15.9 Å². The summed E-state index contributed by atoms with van der Waals surface area (Å²) in [7, 11) is 0. The molecule has 1 saturated heterocycles.